The van der Waals surface area contributed by atoms with E-state index >= 15 is 0 Å². The minimum atomic E-state index is -0.328. The molecule has 0 fully saturated rings. The topological polar surface area (TPSA) is 54.6 Å². The van der Waals surface area contributed by atoms with Gasteiger partial charge >= 0.3 is 0 Å². The predicted octanol–water partition coefficient (Wildman–Crippen LogP) is 9.36. The zero-order chi connectivity index (χ0) is 31.2. The Morgan fingerprint density at radius 3 is 2.00 bits per heavy atom. The molecule has 4 heterocycles. The highest BCUT2D eigenvalue weighted by atomic mass is 15.1. The molecule has 222 valence electrons. The molecule has 0 spiro atoms. The molecule has 1 atom stereocenters. The largest absolute Gasteiger partial charge is 0.359 e. The third-order valence-electron chi connectivity index (χ3n) is 8.82. The number of hydrogen-bond acceptors (Lipinski definition) is 4. The molecule has 1 aliphatic heterocycles. The van der Waals surface area contributed by atoms with Crippen LogP contribution < -0.4 is 5.32 Å². The van der Waals surface area contributed by atoms with Gasteiger partial charge in [0, 0.05) is 28.3 Å². The van der Waals surface area contributed by atoms with Crippen molar-refractivity contribution in [2.24, 2.45) is 4.99 Å². The number of rotatable bonds is 5. The van der Waals surface area contributed by atoms with Gasteiger partial charge in [-0.25, -0.2) is 9.97 Å². The Labute approximate surface area is 272 Å². The number of pyridine rings is 2. The molecule has 1 N–H and O–H groups in total. The van der Waals surface area contributed by atoms with Gasteiger partial charge in [0.25, 0.3) is 0 Å². The Morgan fingerprint density at radius 2 is 1.21 bits per heavy atom. The molecule has 9 rings (SSSR count). The molecule has 0 saturated carbocycles. The second-order valence-electron chi connectivity index (χ2n) is 11.7. The van der Waals surface area contributed by atoms with E-state index in [1.165, 1.54) is 0 Å². The van der Waals surface area contributed by atoms with Crippen LogP contribution in [0, 0.1) is 0 Å². The van der Waals surface area contributed by atoms with Crippen molar-refractivity contribution in [3.8, 4) is 11.3 Å². The van der Waals surface area contributed by atoms with E-state index in [0.29, 0.717) is 0 Å². The van der Waals surface area contributed by atoms with Gasteiger partial charge in [0.05, 0.1) is 28.1 Å². The van der Waals surface area contributed by atoms with Gasteiger partial charge in [-0.1, -0.05) is 133 Å². The SMILES string of the molecule is c1ccc(C2=NC(c3cccc(-c4nc5ccccc5c5nc6ccccn6c45)c3)NC(c3ccccc3)=C2c2ccccc2)cc1. The first kappa shape index (κ1) is 27.0. The quantitative estimate of drug-likeness (QED) is 0.213. The monoisotopic (exact) mass is 603 g/mol. The number of hydrogen-bond donors (Lipinski definition) is 1. The second kappa shape index (κ2) is 11.2. The standard InChI is InChI=1S/C42H29N5/c1-4-15-28(16-5-1)36-37(29-17-6-2-7-18-29)45-42(46-38(36)30-19-8-3-9-20-30)32-22-14-21-31(27-32)39-41-40(33-23-10-11-24-34(33)43-39)44-35-25-12-13-26-47(35)41/h1-27,42,45H. The fourth-order valence-electron chi connectivity index (χ4n) is 6.66. The van der Waals surface area contributed by atoms with Crippen molar-refractivity contribution in [1.29, 1.82) is 0 Å². The van der Waals surface area contributed by atoms with E-state index in [4.69, 9.17) is 15.0 Å². The van der Waals surface area contributed by atoms with Gasteiger partial charge in [-0.05, 0) is 41.0 Å². The van der Waals surface area contributed by atoms with Gasteiger partial charge in [0.2, 0.25) is 0 Å². The first-order valence-electron chi connectivity index (χ1n) is 15.8. The second-order valence-corrected chi connectivity index (χ2v) is 11.7. The Morgan fingerprint density at radius 1 is 0.553 bits per heavy atom. The molecule has 0 saturated heterocycles. The van der Waals surface area contributed by atoms with Crippen LogP contribution >= 0.6 is 0 Å². The van der Waals surface area contributed by atoms with E-state index in [1.807, 2.05) is 36.4 Å². The molecule has 1 aliphatic rings. The Hall–Kier alpha value is -6.33. The molecule has 1 unspecified atom stereocenters. The zero-order valence-electron chi connectivity index (χ0n) is 25.5. The molecule has 5 heteroatoms. The van der Waals surface area contributed by atoms with E-state index in [-0.39, 0.29) is 6.17 Å². The number of para-hydroxylation sites is 1. The smallest absolute Gasteiger partial charge is 0.145 e. The van der Waals surface area contributed by atoms with Gasteiger partial charge in [0.15, 0.2) is 0 Å². The lowest BCUT2D eigenvalue weighted by molar-refractivity contribution is 0.666. The molecule has 8 aromatic rings. The minimum Gasteiger partial charge on any atom is -0.359 e. The van der Waals surface area contributed by atoms with Crippen LogP contribution in [0.15, 0.2) is 169 Å². The molecule has 0 bridgehead atoms. The summed E-state index contributed by atoms with van der Waals surface area (Å²) in [6.07, 6.45) is 1.74. The van der Waals surface area contributed by atoms with Crippen molar-refractivity contribution in [3.63, 3.8) is 0 Å². The lowest BCUT2D eigenvalue weighted by atomic mass is 9.89. The Balaban J connectivity index is 1.25. The van der Waals surface area contributed by atoms with Crippen molar-refractivity contribution in [3.05, 3.63) is 186 Å². The van der Waals surface area contributed by atoms with Crippen LogP contribution in [-0.2, 0) is 0 Å². The number of benzene rings is 5. The highest BCUT2D eigenvalue weighted by Crippen LogP contribution is 2.38. The summed E-state index contributed by atoms with van der Waals surface area (Å²) in [7, 11) is 0. The number of imidazole rings is 1. The van der Waals surface area contributed by atoms with Crippen LogP contribution in [0.2, 0.25) is 0 Å². The van der Waals surface area contributed by atoms with Gasteiger partial charge in [-0.3, -0.25) is 9.39 Å². The van der Waals surface area contributed by atoms with Crippen LogP contribution in [0.3, 0.4) is 0 Å². The van der Waals surface area contributed by atoms with Crippen LogP contribution in [0.25, 0.3) is 50.1 Å². The average molecular weight is 604 g/mol. The zero-order valence-corrected chi connectivity index (χ0v) is 25.5. The highest BCUT2D eigenvalue weighted by molar-refractivity contribution is 6.37. The van der Waals surface area contributed by atoms with E-state index < -0.39 is 0 Å². The summed E-state index contributed by atoms with van der Waals surface area (Å²) in [6.45, 7) is 0. The Bertz CT molecular complexity index is 2480. The van der Waals surface area contributed by atoms with Gasteiger partial charge in [-0.15, -0.1) is 0 Å². The summed E-state index contributed by atoms with van der Waals surface area (Å²) < 4.78 is 2.14. The molecular formula is C42H29N5. The van der Waals surface area contributed by atoms with Crippen LogP contribution in [0.1, 0.15) is 28.4 Å². The maximum absolute atomic E-state index is 5.45. The number of nitrogens with one attached hydrogen (secondary N) is 1. The molecule has 5 nitrogen and oxygen atoms in total. The van der Waals surface area contributed by atoms with E-state index in [9.17, 15) is 0 Å². The lowest BCUT2D eigenvalue weighted by Gasteiger charge is -2.30. The van der Waals surface area contributed by atoms with E-state index in [0.717, 1.165) is 78.1 Å². The lowest BCUT2D eigenvalue weighted by Crippen LogP contribution is -2.28. The Kier molecular flexibility index (Phi) is 6.46. The minimum absolute atomic E-state index is 0.328. The molecule has 5 aromatic carbocycles. The molecule has 47 heavy (non-hydrogen) atoms. The molecule has 0 radical (unpaired) electrons. The van der Waals surface area contributed by atoms with Crippen molar-refractivity contribution in [1.82, 2.24) is 19.7 Å². The predicted molar refractivity (Wildman–Crippen MR) is 192 cm³/mol. The highest BCUT2D eigenvalue weighted by Gasteiger charge is 2.27. The summed E-state index contributed by atoms with van der Waals surface area (Å²) in [6, 6.07) is 54.5. The summed E-state index contributed by atoms with van der Waals surface area (Å²) in [5.74, 6) is 0. The van der Waals surface area contributed by atoms with Crippen molar-refractivity contribution >= 4 is 44.6 Å². The summed E-state index contributed by atoms with van der Waals surface area (Å²) >= 11 is 0. The normalized spacial score (nSPS) is 14.8. The first-order valence-corrected chi connectivity index (χ1v) is 15.8. The van der Waals surface area contributed by atoms with Gasteiger partial charge in [-0.2, -0.15) is 0 Å². The van der Waals surface area contributed by atoms with Crippen LogP contribution in [-0.4, -0.2) is 20.1 Å². The number of aliphatic imine (C=N–C) groups is 1. The summed E-state index contributed by atoms with van der Waals surface area (Å²) in [5.41, 5.74) is 13.1. The number of nitrogens with zero attached hydrogens (tertiary/aromatic N) is 4. The van der Waals surface area contributed by atoms with Crippen LogP contribution in [0.4, 0.5) is 0 Å². The van der Waals surface area contributed by atoms with E-state index in [2.05, 4.69) is 137 Å². The molecule has 0 amide bonds. The van der Waals surface area contributed by atoms with Gasteiger partial charge in [0.1, 0.15) is 17.3 Å². The number of allylic oxidation sites excluding steroid dienone is 1. The average Bonchev–Trinajstić information content (AvgIpc) is 3.55. The number of fused-ring (bicyclic) bond motifs is 5. The third kappa shape index (κ3) is 4.68. The summed E-state index contributed by atoms with van der Waals surface area (Å²) in [4.78, 5) is 15.7. The third-order valence-corrected chi connectivity index (χ3v) is 8.82. The maximum atomic E-state index is 5.45. The fraction of sp³-hybridized carbons (Fsp3) is 0.0238. The molecular weight excluding hydrogens is 574 g/mol. The van der Waals surface area contributed by atoms with Gasteiger partial charge < -0.3 is 5.32 Å². The van der Waals surface area contributed by atoms with E-state index in [1.54, 1.807) is 0 Å². The fourth-order valence-corrected chi connectivity index (χ4v) is 6.66. The van der Waals surface area contributed by atoms with Crippen molar-refractivity contribution < 1.29 is 0 Å². The number of aromatic nitrogens is 3. The van der Waals surface area contributed by atoms with Crippen molar-refractivity contribution in [2.75, 3.05) is 0 Å². The first-order chi connectivity index (χ1) is 23.3. The maximum Gasteiger partial charge on any atom is 0.145 e. The van der Waals surface area contributed by atoms with Crippen molar-refractivity contribution in [2.45, 2.75) is 6.17 Å². The summed E-state index contributed by atoms with van der Waals surface area (Å²) in [5, 5.41) is 4.90. The van der Waals surface area contributed by atoms with Crippen LogP contribution in [0.5, 0.6) is 0 Å². The molecule has 3 aromatic heterocycles. The molecule has 0 aliphatic carbocycles.